The van der Waals surface area contributed by atoms with Gasteiger partial charge in [0, 0.05) is 76.7 Å². The molecule has 13 nitrogen and oxygen atoms in total. The number of aromatic carboxylic acids is 3. The molecule has 4 aromatic heterocycles. The van der Waals surface area contributed by atoms with Crippen LogP contribution < -0.4 is 4.74 Å². The van der Waals surface area contributed by atoms with Crippen molar-refractivity contribution in [3.05, 3.63) is 248 Å². The van der Waals surface area contributed by atoms with Gasteiger partial charge in [0.1, 0.15) is 23.5 Å². The number of aryl methyl sites for hydroxylation is 1. The lowest BCUT2D eigenvalue weighted by Crippen LogP contribution is -2.21. The lowest BCUT2D eigenvalue weighted by Gasteiger charge is -2.09. The van der Waals surface area contributed by atoms with E-state index in [0.717, 1.165) is 55.6 Å². The normalized spacial score (nSPS) is 11.1. The van der Waals surface area contributed by atoms with Gasteiger partial charge in [-0.25, -0.2) is 23.6 Å². The van der Waals surface area contributed by atoms with Gasteiger partial charge in [0.15, 0.2) is 17.7 Å². The maximum absolute atomic E-state index is 14.5. The number of para-hydroxylation sites is 1. The molecule has 0 saturated heterocycles. The van der Waals surface area contributed by atoms with Crippen LogP contribution in [0.1, 0.15) is 85.4 Å². The van der Waals surface area contributed by atoms with E-state index in [1.807, 2.05) is 84.2 Å². The smallest absolute Gasteiger partial charge is 0.379 e. The fourth-order valence-electron chi connectivity index (χ4n) is 8.84. The maximum Gasteiger partial charge on any atom is 0.379 e. The SMILES string of the molecule is CCc1cccc(CC(=O)Cc2scc(-c3ccc(Br)cc3)c2C(=O)O)c1.O=C(Cc1scc(OC(=O)c2cc3ccccc3o2)c1C(=O)O)OCc1ccccc1.O=C(O)c1c(-c2ccc(Cl)cc2)csc1CC(=O)[C@H](F)Cc1ccccc1Cl. The summed E-state index contributed by atoms with van der Waals surface area (Å²) < 4.78 is 31.3. The Hall–Kier alpha value is -8.36. The number of furan rings is 1. The number of hydrogen-bond acceptors (Lipinski definition) is 13. The Morgan fingerprint density at radius 1 is 0.593 bits per heavy atom. The van der Waals surface area contributed by atoms with E-state index in [9.17, 15) is 53.3 Å². The number of esters is 2. The van der Waals surface area contributed by atoms with E-state index in [-0.39, 0.29) is 71.2 Å². The number of rotatable bonds is 21. The number of fused-ring (bicyclic) bond motifs is 1. The summed E-state index contributed by atoms with van der Waals surface area (Å²) in [5.74, 6) is -5.71. The molecular formula is C66H50BrCl2FO13S3. The first-order valence-corrected chi connectivity index (χ1v) is 30.5. The third-order valence-corrected chi connectivity index (χ3v) is 17.2. The largest absolute Gasteiger partial charge is 0.478 e. The summed E-state index contributed by atoms with van der Waals surface area (Å²) in [6.45, 7) is 2.16. The number of carbonyl (C=O) groups excluding carboxylic acids is 4. The number of Topliss-reactive ketones (excluding diaryl/α,β-unsaturated/α-hetero) is 2. The molecule has 0 aliphatic rings. The second-order valence-corrected chi connectivity index (χ2v) is 23.7. The zero-order valence-electron chi connectivity index (χ0n) is 45.4. The van der Waals surface area contributed by atoms with E-state index in [2.05, 4.69) is 22.9 Å². The Bertz CT molecular complexity index is 4040. The monoisotopic (exact) mass is 1310 g/mol. The molecule has 0 saturated carbocycles. The molecule has 10 aromatic rings. The average Bonchev–Trinajstić information content (AvgIpc) is 3.11. The molecule has 0 amide bonds. The Morgan fingerprint density at radius 3 is 1.78 bits per heavy atom. The van der Waals surface area contributed by atoms with Crippen LogP contribution in [-0.4, -0.2) is 62.9 Å². The van der Waals surface area contributed by atoms with Crippen molar-refractivity contribution in [1.29, 1.82) is 0 Å². The highest BCUT2D eigenvalue weighted by Gasteiger charge is 2.28. The minimum atomic E-state index is -1.76. The first-order chi connectivity index (χ1) is 41.3. The second-order valence-electron chi connectivity index (χ2n) is 19.1. The van der Waals surface area contributed by atoms with Gasteiger partial charge < -0.3 is 29.2 Å². The zero-order chi connectivity index (χ0) is 61.4. The summed E-state index contributed by atoms with van der Waals surface area (Å²) in [5.41, 5.74) is 6.70. The van der Waals surface area contributed by atoms with Crippen molar-refractivity contribution >= 4 is 126 Å². The van der Waals surface area contributed by atoms with Crippen LogP contribution in [0.2, 0.25) is 10.0 Å². The number of alkyl halides is 1. The molecule has 0 fully saturated rings. The van der Waals surface area contributed by atoms with Crippen LogP contribution in [0.3, 0.4) is 0 Å². The molecule has 0 spiro atoms. The van der Waals surface area contributed by atoms with Gasteiger partial charge in [-0.15, -0.1) is 34.0 Å². The quantitative estimate of drug-likeness (QED) is 0.0572. The van der Waals surface area contributed by atoms with Crippen molar-refractivity contribution in [1.82, 2.24) is 0 Å². The highest BCUT2D eigenvalue weighted by atomic mass is 79.9. The van der Waals surface area contributed by atoms with Crippen LogP contribution in [0.15, 0.2) is 183 Å². The van der Waals surface area contributed by atoms with E-state index in [1.165, 1.54) is 28.3 Å². The standard InChI is InChI=1S/C23H16O7S.C22H19BrO3S.C21H15Cl2FO3S/c24-20(28-12-14-6-2-1-3-7-14)11-19-21(22(25)26)18(13-31-19)30-23(27)17-10-15-8-4-5-9-16(15)29-17;1-2-14-4-3-5-15(10-14)11-18(24)12-20-21(22(25)26)19(13-27-20)16-6-8-17(23)9-7-16;22-14-7-5-12(6-8-14)15-11-28-19(20(15)21(26)27)10-18(25)17(24)9-13-3-1-2-4-16(13)23/h1-10,13H,11-12H2,(H,25,26);3-10,13H,2,11-12H2,1H3,(H,25,26);1-8,11,17H,9-10H2,(H,26,27)/t;;17-/m..1/s1. The fourth-order valence-corrected chi connectivity index (χ4v) is 12.5. The van der Waals surface area contributed by atoms with Crippen molar-refractivity contribution in [3.63, 3.8) is 0 Å². The highest BCUT2D eigenvalue weighted by Crippen LogP contribution is 2.36. The van der Waals surface area contributed by atoms with Gasteiger partial charge in [-0.3, -0.25) is 14.4 Å². The summed E-state index contributed by atoms with van der Waals surface area (Å²) in [7, 11) is 0. The second kappa shape index (κ2) is 30.1. The minimum absolute atomic E-state index is 0.0191. The van der Waals surface area contributed by atoms with E-state index < -0.39 is 41.8 Å². The molecule has 10 rings (SSSR count). The third kappa shape index (κ3) is 17.0. The number of carboxylic acids is 3. The molecule has 438 valence electrons. The Morgan fingerprint density at radius 2 is 1.15 bits per heavy atom. The predicted octanol–water partition coefficient (Wildman–Crippen LogP) is 16.6. The summed E-state index contributed by atoms with van der Waals surface area (Å²) >= 11 is 18.8. The number of carbonyl (C=O) groups is 7. The summed E-state index contributed by atoms with van der Waals surface area (Å²) in [4.78, 5) is 86.1. The van der Waals surface area contributed by atoms with Gasteiger partial charge in [0.25, 0.3) is 0 Å². The average molecular weight is 1320 g/mol. The molecule has 0 aliphatic carbocycles. The topological polar surface area (TPSA) is 212 Å². The number of benzene rings is 6. The van der Waals surface area contributed by atoms with Crippen LogP contribution >= 0.6 is 73.1 Å². The molecular weight excluding hydrogens is 1270 g/mol. The summed E-state index contributed by atoms with van der Waals surface area (Å²) in [6, 6.07) is 46.7. The number of ether oxygens (including phenoxy) is 2. The van der Waals surface area contributed by atoms with Crippen molar-refractivity contribution < 1.29 is 67.2 Å². The predicted molar refractivity (Wildman–Crippen MR) is 336 cm³/mol. The van der Waals surface area contributed by atoms with Crippen LogP contribution in [-0.2, 0) is 64.3 Å². The molecule has 86 heavy (non-hydrogen) atoms. The van der Waals surface area contributed by atoms with Crippen LogP contribution in [0.5, 0.6) is 5.75 Å². The van der Waals surface area contributed by atoms with Crippen LogP contribution in [0.4, 0.5) is 4.39 Å². The first-order valence-electron chi connectivity index (χ1n) is 26.3. The van der Waals surface area contributed by atoms with E-state index in [0.29, 0.717) is 54.1 Å². The summed E-state index contributed by atoms with van der Waals surface area (Å²) in [6.07, 6.45) is -1.06. The lowest BCUT2D eigenvalue weighted by atomic mass is 9.99. The van der Waals surface area contributed by atoms with Crippen molar-refractivity contribution in [2.75, 3.05) is 0 Å². The van der Waals surface area contributed by atoms with Crippen LogP contribution in [0.25, 0.3) is 33.2 Å². The Kier molecular flexibility index (Phi) is 22.3. The van der Waals surface area contributed by atoms with Gasteiger partial charge in [0.2, 0.25) is 5.76 Å². The molecule has 0 unspecified atom stereocenters. The number of thiophene rings is 3. The highest BCUT2D eigenvalue weighted by molar-refractivity contribution is 9.10. The van der Waals surface area contributed by atoms with Gasteiger partial charge in [0.05, 0.1) is 17.5 Å². The van der Waals surface area contributed by atoms with Gasteiger partial charge in [-0.1, -0.05) is 161 Å². The van der Waals surface area contributed by atoms with E-state index in [1.54, 1.807) is 78.2 Å². The number of halogens is 4. The molecule has 20 heteroatoms. The first kappa shape index (κ1) is 63.7. The lowest BCUT2D eigenvalue weighted by molar-refractivity contribution is -0.144. The van der Waals surface area contributed by atoms with Crippen molar-refractivity contribution in [2.24, 2.45) is 0 Å². The molecule has 1 atom stereocenters. The van der Waals surface area contributed by atoms with Gasteiger partial charge in [-0.2, -0.15) is 0 Å². The molecule has 4 heterocycles. The van der Waals surface area contributed by atoms with Gasteiger partial charge in [-0.05, 0) is 93.0 Å². The van der Waals surface area contributed by atoms with Crippen molar-refractivity contribution in [2.45, 2.75) is 58.2 Å². The zero-order valence-corrected chi connectivity index (χ0v) is 51.0. The number of carboxylic acid groups (broad SMARTS) is 3. The maximum atomic E-state index is 14.5. The third-order valence-electron chi connectivity index (χ3n) is 13.1. The molecule has 0 radical (unpaired) electrons. The fraction of sp³-hybridized carbons (Fsp3) is 0.136. The number of ketones is 2. The molecule has 3 N–H and O–H groups in total. The van der Waals surface area contributed by atoms with E-state index >= 15 is 0 Å². The molecule has 0 aliphatic heterocycles. The van der Waals surface area contributed by atoms with Crippen molar-refractivity contribution in [3.8, 4) is 28.0 Å². The summed E-state index contributed by atoms with van der Waals surface area (Å²) in [5, 5.41) is 35.5. The Labute approximate surface area is 523 Å². The molecule has 0 bridgehead atoms. The minimum Gasteiger partial charge on any atom is -0.478 e. The van der Waals surface area contributed by atoms with Crippen LogP contribution in [0, 0.1) is 0 Å². The Balaban J connectivity index is 0.000000168. The number of hydrogen-bond donors (Lipinski definition) is 3. The van der Waals surface area contributed by atoms with Gasteiger partial charge >= 0.3 is 29.8 Å². The molecule has 6 aromatic carbocycles. The van der Waals surface area contributed by atoms with E-state index in [4.69, 9.17) is 37.1 Å².